The van der Waals surface area contributed by atoms with Crippen LogP contribution in [-0.4, -0.2) is 22.1 Å². The Kier molecular flexibility index (Phi) is 8.85. The van der Waals surface area contributed by atoms with Gasteiger partial charge in [-0.2, -0.15) is 0 Å². The Hall–Kier alpha value is -2.85. The molecule has 5 rings (SSSR count). The number of nitrogens with one attached hydrogen (secondary N) is 2. The standard InChI is InChI=1S/C31H30Br2N2O4S/c1-20-8-10-24(11-9-20)40(36,37)35-29-18-25-23(17-30(29)39-19-21-6-4-3-5-7-21)12-13-34-28(25)16-22-14-26(32)31(38-2)27(33)15-22/h3-11,14-15,17-18,28,34-35H,12-13,16,19H2,1-2H3. The van der Waals surface area contributed by atoms with Crippen LogP contribution < -0.4 is 19.5 Å². The zero-order chi connectivity index (χ0) is 28.3. The second kappa shape index (κ2) is 12.3. The van der Waals surface area contributed by atoms with Crippen molar-refractivity contribution in [2.45, 2.75) is 37.3 Å². The molecule has 4 aromatic rings. The van der Waals surface area contributed by atoms with Crippen molar-refractivity contribution in [1.29, 1.82) is 0 Å². The zero-order valence-corrected chi connectivity index (χ0v) is 26.2. The number of methoxy groups -OCH3 is 1. The van der Waals surface area contributed by atoms with Gasteiger partial charge in [0.25, 0.3) is 10.0 Å². The van der Waals surface area contributed by atoms with E-state index < -0.39 is 10.0 Å². The van der Waals surface area contributed by atoms with E-state index in [1.807, 2.05) is 49.4 Å². The molecule has 9 heteroatoms. The third kappa shape index (κ3) is 6.54. The molecule has 0 fully saturated rings. The minimum Gasteiger partial charge on any atom is -0.494 e. The smallest absolute Gasteiger partial charge is 0.262 e. The molecule has 0 saturated heterocycles. The van der Waals surface area contributed by atoms with Crippen LogP contribution in [0.1, 0.15) is 33.9 Å². The first-order valence-electron chi connectivity index (χ1n) is 12.9. The molecule has 2 N–H and O–H groups in total. The Morgan fingerprint density at radius 1 is 0.950 bits per heavy atom. The fraction of sp³-hybridized carbons (Fsp3) is 0.226. The van der Waals surface area contributed by atoms with Gasteiger partial charge < -0.3 is 14.8 Å². The molecule has 6 nitrogen and oxygen atoms in total. The van der Waals surface area contributed by atoms with Crippen molar-refractivity contribution < 1.29 is 17.9 Å². The van der Waals surface area contributed by atoms with E-state index in [0.29, 0.717) is 24.5 Å². The summed E-state index contributed by atoms with van der Waals surface area (Å²) in [6.07, 6.45) is 1.52. The van der Waals surface area contributed by atoms with E-state index in [-0.39, 0.29) is 10.9 Å². The third-order valence-electron chi connectivity index (χ3n) is 6.92. The lowest BCUT2D eigenvalue weighted by Crippen LogP contribution is -2.31. The van der Waals surface area contributed by atoms with Gasteiger partial charge in [-0.25, -0.2) is 8.42 Å². The normalized spacial score (nSPS) is 14.8. The predicted molar refractivity (Wildman–Crippen MR) is 166 cm³/mol. The third-order valence-corrected chi connectivity index (χ3v) is 9.48. The van der Waals surface area contributed by atoms with Crippen LogP contribution >= 0.6 is 31.9 Å². The average molecular weight is 686 g/mol. The highest BCUT2D eigenvalue weighted by molar-refractivity contribution is 9.11. The molecule has 1 atom stereocenters. The van der Waals surface area contributed by atoms with Crippen molar-refractivity contribution in [3.63, 3.8) is 0 Å². The summed E-state index contributed by atoms with van der Waals surface area (Å²) in [6, 6.07) is 24.7. The molecule has 1 unspecified atom stereocenters. The maximum absolute atomic E-state index is 13.4. The Labute approximate surface area is 252 Å². The van der Waals surface area contributed by atoms with Crippen LogP contribution in [0.5, 0.6) is 11.5 Å². The second-order valence-electron chi connectivity index (χ2n) is 9.79. The van der Waals surface area contributed by atoms with E-state index in [1.165, 1.54) is 0 Å². The molecule has 0 aromatic heterocycles. The van der Waals surface area contributed by atoms with Gasteiger partial charge in [-0.05, 0) is 117 Å². The van der Waals surface area contributed by atoms with Crippen LogP contribution in [0.15, 0.2) is 92.7 Å². The molecule has 0 aliphatic carbocycles. The molecular formula is C31H30Br2N2O4S. The summed E-state index contributed by atoms with van der Waals surface area (Å²) in [5.41, 5.74) is 5.70. The summed E-state index contributed by atoms with van der Waals surface area (Å²) in [5, 5.41) is 3.62. The maximum atomic E-state index is 13.4. The summed E-state index contributed by atoms with van der Waals surface area (Å²) in [6.45, 7) is 3.06. The number of hydrogen-bond donors (Lipinski definition) is 2. The number of halogens is 2. The Morgan fingerprint density at radius 2 is 1.65 bits per heavy atom. The Balaban J connectivity index is 1.51. The van der Waals surface area contributed by atoms with Gasteiger partial charge in [-0.15, -0.1) is 0 Å². The van der Waals surface area contributed by atoms with Crippen molar-refractivity contribution in [2.75, 3.05) is 18.4 Å². The van der Waals surface area contributed by atoms with Crippen LogP contribution in [-0.2, 0) is 29.5 Å². The summed E-state index contributed by atoms with van der Waals surface area (Å²) in [4.78, 5) is 0.201. The lowest BCUT2D eigenvalue weighted by atomic mass is 9.89. The van der Waals surface area contributed by atoms with E-state index >= 15 is 0 Å². The van der Waals surface area contributed by atoms with Gasteiger partial charge in [0.05, 0.1) is 26.6 Å². The minimum absolute atomic E-state index is 0.0123. The number of aryl methyl sites for hydroxylation is 1. The molecule has 0 bridgehead atoms. The molecule has 0 radical (unpaired) electrons. The van der Waals surface area contributed by atoms with Crippen LogP contribution in [0.2, 0.25) is 0 Å². The fourth-order valence-electron chi connectivity index (χ4n) is 4.87. The molecular weight excluding hydrogens is 656 g/mol. The maximum Gasteiger partial charge on any atom is 0.262 e. The Bertz CT molecular complexity index is 1590. The summed E-state index contributed by atoms with van der Waals surface area (Å²) >= 11 is 7.21. The molecule has 1 aliphatic rings. The van der Waals surface area contributed by atoms with Crippen LogP contribution in [0, 0.1) is 6.92 Å². The lowest BCUT2D eigenvalue weighted by molar-refractivity contribution is 0.307. The highest BCUT2D eigenvalue weighted by Gasteiger charge is 2.25. The average Bonchev–Trinajstić information content (AvgIpc) is 2.93. The van der Waals surface area contributed by atoms with Gasteiger partial charge in [0.2, 0.25) is 0 Å². The number of hydrogen-bond acceptors (Lipinski definition) is 5. The van der Waals surface area contributed by atoms with Crippen LogP contribution in [0.4, 0.5) is 5.69 Å². The van der Waals surface area contributed by atoms with E-state index in [9.17, 15) is 8.42 Å². The van der Waals surface area contributed by atoms with Crippen molar-refractivity contribution in [3.05, 3.63) is 116 Å². The fourth-order valence-corrected chi connectivity index (χ4v) is 7.54. The monoisotopic (exact) mass is 684 g/mol. The molecule has 0 saturated carbocycles. The second-order valence-corrected chi connectivity index (χ2v) is 13.2. The molecule has 40 heavy (non-hydrogen) atoms. The molecule has 0 amide bonds. The lowest BCUT2D eigenvalue weighted by Gasteiger charge is -2.29. The number of ether oxygens (including phenoxy) is 2. The van der Waals surface area contributed by atoms with Gasteiger partial charge >= 0.3 is 0 Å². The van der Waals surface area contributed by atoms with Crippen molar-refractivity contribution >= 4 is 47.6 Å². The van der Waals surface area contributed by atoms with Crippen molar-refractivity contribution in [3.8, 4) is 11.5 Å². The molecule has 1 aliphatic heterocycles. The number of benzene rings is 4. The van der Waals surface area contributed by atoms with E-state index in [0.717, 1.165) is 55.5 Å². The quantitative estimate of drug-likeness (QED) is 0.193. The topological polar surface area (TPSA) is 76.7 Å². The first-order valence-corrected chi connectivity index (χ1v) is 16.0. The predicted octanol–water partition coefficient (Wildman–Crippen LogP) is 7.34. The van der Waals surface area contributed by atoms with Gasteiger partial charge in [0.15, 0.2) is 0 Å². The SMILES string of the molecule is COc1c(Br)cc(CC2NCCc3cc(OCc4ccccc4)c(NS(=O)(=O)c4ccc(C)cc4)cc32)cc1Br. The summed E-state index contributed by atoms with van der Waals surface area (Å²) < 4.78 is 43.1. The van der Waals surface area contributed by atoms with Crippen LogP contribution in [0.3, 0.4) is 0 Å². The van der Waals surface area contributed by atoms with E-state index in [1.54, 1.807) is 31.4 Å². The highest BCUT2D eigenvalue weighted by Crippen LogP contribution is 2.39. The first-order chi connectivity index (χ1) is 19.2. The molecule has 4 aromatic carbocycles. The highest BCUT2D eigenvalue weighted by atomic mass is 79.9. The zero-order valence-electron chi connectivity index (χ0n) is 22.2. The number of fused-ring (bicyclic) bond motifs is 1. The van der Waals surface area contributed by atoms with Gasteiger partial charge in [-0.3, -0.25) is 4.72 Å². The number of sulfonamides is 1. The Morgan fingerprint density at radius 3 is 2.33 bits per heavy atom. The largest absolute Gasteiger partial charge is 0.494 e. The summed E-state index contributed by atoms with van der Waals surface area (Å²) in [7, 11) is -2.20. The summed E-state index contributed by atoms with van der Waals surface area (Å²) in [5.74, 6) is 1.25. The van der Waals surface area contributed by atoms with Gasteiger partial charge in [0, 0.05) is 6.04 Å². The van der Waals surface area contributed by atoms with Crippen molar-refractivity contribution in [2.24, 2.45) is 0 Å². The van der Waals surface area contributed by atoms with Gasteiger partial charge in [-0.1, -0.05) is 48.0 Å². The van der Waals surface area contributed by atoms with Gasteiger partial charge in [0.1, 0.15) is 18.1 Å². The van der Waals surface area contributed by atoms with Crippen LogP contribution in [0.25, 0.3) is 0 Å². The first kappa shape index (κ1) is 28.7. The van der Waals surface area contributed by atoms with Crippen molar-refractivity contribution in [1.82, 2.24) is 5.32 Å². The number of rotatable bonds is 9. The van der Waals surface area contributed by atoms with E-state index in [2.05, 4.69) is 54.0 Å². The molecule has 0 spiro atoms. The molecule has 208 valence electrons. The van der Waals surface area contributed by atoms with E-state index in [4.69, 9.17) is 9.47 Å². The molecule has 1 heterocycles. The number of anilines is 1. The minimum atomic E-state index is -3.83.